The number of hydrogen-bond acceptors (Lipinski definition) is 2. The molecule has 68 heavy (non-hydrogen) atoms. The maximum absolute atomic E-state index is 2.91. The highest BCUT2D eigenvalue weighted by atomic mass is 28.3. The van der Waals surface area contributed by atoms with Crippen molar-refractivity contribution < 1.29 is 0 Å². The first-order chi connectivity index (χ1) is 32.3. The molecular weight excluding hydrogens is 836 g/mol. The van der Waals surface area contributed by atoms with Gasteiger partial charge in [-0.1, -0.05) is 229 Å². The van der Waals surface area contributed by atoms with Crippen LogP contribution < -0.4 is 46.9 Å². The van der Waals surface area contributed by atoms with Gasteiger partial charge in [0.05, 0.1) is 0 Å². The summed E-state index contributed by atoms with van der Waals surface area (Å²) in [6.45, 7) is 28.1. The van der Waals surface area contributed by atoms with Crippen molar-refractivity contribution in [3.63, 3.8) is 0 Å². The molecule has 0 aromatic heterocycles. The molecule has 0 atom stereocenters. The molecule has 8 aromatic rings. The summed E-state index contributed by atoms with van der Waals surface area (Å²) in [5, 5.41) is 5.52. The standard InChI is InChI=1S/C64H67BN2Si/c1-61(2,3)44-32-35-47(36-33-44)66-56-38-34-45(62(4,5)6)40-53(56)65-54-43-51(68(48-24-16-13-17-25-48,49-26-18-14-19-27-49)50-28-20-15-21-29-50)37-39-57(54)67(55-31-23-22-30-52(55)64(10,11)12)59-42-46(63(7,8)9)41-58(66)60(59)65/h13-43H,1-12H3. The fraction of sp³-hybridized carbons (Fsp3) is 0.250. The van der Waals surface area contributed by atoms with Crippen LogP contribution in [0.15, 0.2) is 188 Å². The molecule has 4 heteroatoms. The quantitative estimate of drug-likeness (QED) is 0.121. The third kappa shape index (κ3) is 7.57. The van der Waals surface area contributed by atoms with E-state index in [1.807, 2.05) is 0 Å². The zero-order chi connectivity index (χ0) is 48.0. The van der Waals surface area contributed by atoms with E-state index in [0.29, 0.717) is 0 Å². The Morgan fingerprint density at radius 3 is 1.28 bits per heavy atom. The van der Waals surface area contributed by atoms with Gasteiger partial charge in [-0.25, -0.2) is 0 Å². The zero-order valence-electron chi connectivity index (χ0n) is 42.4. The predicted molar refractivity (Wildman–Crippen MR) is 299 cm³/mol. The van der Waals surface area contributed by atoms with Gasteiger partial charge in [-0.05, 0) is 124 Å². The lowest BCUT2D eigenvalue weighted by molar-refractivity contribution is 0.589. The van der Waals surface area contributed by atoms with Crippen molar-refractivity contribution in [3.8, 4) is 0 Å². The lowest BCUT2D eigenvalue weighted by Gasteiger charge is -2.46. The van der Waals surface area contributed by atoms with E-state index in [1.165, 1.54) is 93.5 Å². The highest BCUT2D eigenvalue weighted by molar-refractivity contribution is 7.20. The Balaban J connectivity index is 1.38. The van der Waals surface area contributed by atoms with Gasteiger partial charge in [0, 0.05) is 34.1 Å². The molecule has 0 unspecified atom stereocenters. The second kappa shape index (κ2) is 16.4. The van der Waals surface area contributed by atoms with Crippen LogP contribution in [-0.4, -0.2) is 14.8 Å². The summed E-state index contributed by atoms with van der Waals surface area (Å²) in [6.07, 6.45) is 0. The minimum atomic E-state index is -2.91. The van der Waals surface area contributed by atoms with Gasteiger partial charge in [-0.15, -0.1) is 0 Å². The van der Waals surface area contributed by atoms with Crippen LogP contribution in [0.5, 0.6) is 0 Å². The van der Waals surface area contributed by atoms with Gasteiger partial charge in [0.15, 0.2) is 8.07 Å². The van der Waals surface area contributed by atoms with Gasteiger partial charge in [-0.2, -0.15) is 0 Å². The van der Waals surface area contributed by atoms with Crippen LogP contribution in [-0.2, 0) is 21.7 Å². The summed E-state index contributed by atoms with van der Waals surface area (Å²) < 4.78 is 0. The van der Waals surface area contributed by atoms with E-state index in [4.69, 9.17) is 0 Å². The fourth-order valence-corrected chi connectivity index (χ4v) is 15.9. The molecule has 2 aliphatic rings. The predicted octanol–water partition coefficient (Wildman–Crippen LogP) is 12.3. The van der Waals surface area contributed by atoms with E-state index in [-0.39, 0.29) is 28.4 Å². The van der Waals surface area contributed by atoms with Gasteiger partial charge >= 0.3 is 0 Å². The van der Waals surface area contributed by atoms with Gasteiger partial charge in [-0.3, -0.25) is 0 Å². The molecule has 0 fully saturated rings. The van der Waals surface area contributed by atoms with Crippen LogP contribution in [0.2, 0.25) is 0 Å². The first kappa shape index (κ1) is 45.4. The fourth-order valence-electron chi connectivity index (χ4n) is 11.2. The lowest BCUT2D eigenvalue weighted by Crippen LogP contribution is -2.75. The minimum absolute atomic E-state index is 0.0382. The van der Waals surface area contributed by atoms with Crippen LogP contribution in [0.1, 0.15) is 105 Å². The third-order valence-electron chi connectivity index (χ3n) is 14.8. The number of anilines is 6. The number of hydrogen-bond donors (Lipinski definition) is 0. The third-order valence-corrected chi connectivity index (χ3v) is 19.6. The topological polar surface area (TPSA) is 6.48 Å². The second-order valence-corrected chi connectivity index (χ2v) is 27.3. The average Bonchev–Trinajstić information content (AvgIpc) is 3.31. The lowest BCUT2D eigenvalue weighted by atomic mass is 9.33. The average molecular weight is 903 g/mol. The van der Waals surface area contributed by atoms with Gasteiger partial charge < -0.3 is 9.80 Å². The largest absolute Gasteiger partial charge is 0.311 e. The van der Waals surface area contributed by atoms with Gasteiger partial charge in [0.2, 0.25) is 0 Å². The normalized spacial score (nSPS) is 13.8. The van der Waals surface area contributed by atoms with Gasteiger partial charge in [0.1, 0.15) is 0 Å². The van der Waals surface area contributed by atoms with Crippen LogP contribution in [0.4, 0.5) is 34.1 Å². The highest BCUT2D eigenvalue weighted by Gasteiger charge is 2.48. The maximum Gasteiger partial charge on any atom is 0.252 e. The van der Waals surface area contributed by atoms with Gasteiger partial charge in [0.25, 0.3) is 6.71 Å². The molecule has 0 bridgehead atoms. The molecule has 0 N–H and O–H groups in total. The van der Waals surface area contributed by atoms with E-state index < -0.39 is 8.07 Å². The molecule has 340 valence electrons. The van der Waals surface area contributed by atoms with Crippen LogP contribution in [0, 0.1) is 0 Å². The summed E-state index contributed by atoms with van der Waals surface area (Å²) in [6, 6.07) is 72.9. The smallest absolute Gasteiger partial charge is 0.252 e. The first-order valence-electron chi connectivity index (χ1n) is 24.7. The second-order valence-electron chi connectivity index (χ2n) is 23.5. The SMILES string of the molecule is CC(C)(C)c1ccc(N2c3ccc(C(C)(C)C)cc3B3c4cc([Si](c5ccccc5)(c5ccccc5)c5ccccc5)ccc4N(c4ccccc4C(C)(C)C)c4cc(C(C)(C)C)cc2c43)cc1. The minimum Gasteiger partial charge on any atom is -0.311 e. The molecule has 2 heterocycles. The summed E-state index contributed by atoms with van der Waals surface area (Å²) in [7, 11) is -2.91. The summed E-state index contributed by atoms with van der Waals surface area (Å²) in [5.74, 6) is 0. The number of benzene rings is 8. The Morgan fingerprint density at radius 2 is 0.765 bits per heavy atom. The van der Waals surface area contributed by atoms with E-state index in [9.17, 15) is 0 Å². The Kier molecular flexibility index (Phi) is 11.0. The molecule has 2 aliphatic heterocycles. The zero-order valence-corrected chi connectivity index (χ0v) is 43.4. The van der Waals surface area contributed by atoms with E-state index in [1.54, 1.807) is 0 Å². The molecule has 0 aliphatic carbocycles. The molecule has 0 saturated carbocycles. The Hall–Kier alpha value is -6.36. The van der Waals surface area contributed by atoms with Crippen molar-refractivity contribution in [2.24, 2.45) is 0 Å². The molecule has 0 spiro atoms. The van der Waals surface area contributed by atoms with E-state index in [0.717, 1.165) is 0 Å². The number of nitrogens with zero attached hydrogens (tertiary/aromatic N) is 2. The number of rotatable bonds is 6. The van der Waals surface area contributed by atoms with Crippen LogP contribution in [0.25, 0.3) is 0 Å². The molecule has 10 rings (SSSR count). The first-order valence-corrected chi connectivity index (χ1v) is 26.7. The highest BCUT2D eigenvalue weighted by Crippen LogP contribution is 2.48. The van der Waals surface area contributed by atoms with Crippen molar-refractivity contribution >= 4 is 86.0 Å². The Labute approximate surface area is 408 Å². The summed E-state index contributed by atoms with van der Waals surface area (Å²) >= 11 is 0. The molecule has 0 saturated heterocycles. The molecule has 0 amide bonds. The molecule has 8 aromatic carbocycles. The number of para-hydroxylation sites is 1. The molecule has 2 nitrogen and oxygen atoms in total. The van der Waals surface area contributed by atoms with Crippen molar-refractivity contribution in [2.45, 2.75) is 105 Å². The van der Waals surface area contributed by atoms with E-state index >= 15 is 0 Å². The summed E-state index contributed by atoms with van der Waals surface area (Å²) in [4.78, 5) is 5.25. The van der Waals surface area contributed by atoms with Crippen molar-refractivity contribution in [2.75, 3.05) is 9.80 Å². The summed E-state index contributed by atoms with van der Waals surface area (Å²) in [5.41, 5.74) is 16.5. The monoisotopic (exact) mass is 903 g/mol. The Morgan fingerprint density at radius 1 is 0.324 bits per heavy atom. The van der Waals surface area contributed by atoms with Crippen LogP contribution >= 0.6 is 0 Å². The molecule has 0 radical (unpaired) electrons. The van der Waals surface area contributed by atoms with E-state index in [2.05, 4.69) is 281 Å². The number of fused-ring (bicyclic) bond motifs is 4. The Bertz CT molecular complexity index is 3050. The van der Waals surface area contributed by atoms with Crippen molar-refractivity contribution in [1.29, 1.82) is 0 Å². The molecular formula is C64H67BN2Si. The van der Waals surface area contributed by atoms with Crippen molar-refractivity contribution in [1.82, 2.24) is 0 Å². The maximum atomic E-state index is 2.66. The van der Waals surface area contributed by atoms with Crippen molar-refractivity contribution in [3.05, 3.63) is 210 Å². The van der Waals surface area contributed by atoms with Crippen LogP contribution in [0.3, 0.4) is 0 Å².